The number of fused-ring (bicyclic) bond motifs is 1. The van der Waals surface area contributed by atoms with Crippen molar-refractivity contribution in [3.63, 3.8) is 0 Å². The second-order valence-corrected chi connectivity index (χ2v) is 12.0. The number of hydrogen-bond acceptors (Lipinski definition) is 3. The molecular weight excluding hydrogens is 288 g/mol. The fourth-order valence-electron chi connectivity index (χ4n) is 2.78. The van der Waals surface area contributed by atoms with Crippen molar-refractivity contribution in [1.29, 1.82) is 0 Å². The molecule has 2 heterocycles. The van der Waals surface area contributed by atoms with Crippen molar-refractivity contribution >= 4 is 31.9 Å². The first-order valence-electron chi connectivity index (χ1n) is 6.74. The Hall–Kier alpha value is -1.27. The molecule has 0 N–H and O–H groups in total. The number of benzene rings is 1. The number of hydrogen-bond donors (Lipinski definition) is 0. The third-order valence-electron chi connectivity index (χ3n) is 3.67. The number of imide groups is 1. The van der Waals surface area contributed by atoms with Crippen LogP contribution in [-0.2, 0) is 4.79 Å². The number of thioether (sulfide) groups is 1. The van der Waals surface area contributed by atoms with Crippen molar-refractivity contribution in [1.82, 2.24) is 9.47 Å². The van der Waals surface area contributed by atoms with E-state index in [2.05, 4.69) is 0 Å². The van der Waals surface area contributed by atoms with Gasteiger partial charge in [0.25, 0.3) is 0 Å². The van der Waals surface area contributed by atoms with Gasteiger partial charge in [-0.1, -0.05) is 50.0 Å². The van der Waals surface area contributed by atoms with E-state index in [1.165, 1.54) is 0 Å². The normalized spacial score (nSPS) is 26.4. The van der Waals surface area contributed by atoms with Crippen LogP contribution in [0.4, 0.5) is 4.79 Å². The van der Waals surface area contributed by atoms with Gasteiger partial charge in [-0.3, -0.25) is 14.3 Å². The predicted molar refractivity (Wildman–Crippen MR) is 82.9 cm³/mol. The van der Waals surface area contributed by atoms with Crippen molar-refractivity contribution in [2.24, 2.45) is 0 Å². The first kappa shape index (κ1) is 13.7. The van der Waals surface area contributed by atoms with Crippen LogP contribution < -0.4 is 0 Å². The second kappa shape index (κ2) is 4.63. The summed E-state index contributed by atoms with van der Waals surface area (Å²) in [6, 6.07) is 9.59. The highest BCUT2D eigenvalue weighted by molar-refractivity contribution is 7.99. The Balaban J connectivity index is 1.95. The number of carbonyl (C=O) groups is 2. The average Bonchev–Trinajstić information content (AvgIpc) is 2.91. The molecule has 6 heteroatoms. The van der Waals surface area contributed by atoms with Gasteiger partial charge in [0.15, 0.2) is 8.24 Å². The second-order valence-electron chi connectivity index (χ2n) is 6.15. The molecule has 1 aromatic rings. The third kappa shape index (κ3) is 1.98. The van der Waals surface area contributed by atoms with E-state index in [-0.39, 0.29) is 23.4 Å². The molecule has 3 amide bonds. The molecule has 0 saturated carbocycles. The van der Waals surface area contributed by atoms with Crippen LogP contribution in [0.1, 0.15) is 10.9 Å². The molecule has 0 bridgehead atoms. The van der Waals surface area contributed by atoms with Crippen molar-refractivity contribution in [2.45, 2.75) is 31.1 Å². The van der Waals surface area contributed by atoms with Gasteiger partial charge < -0.3 is 0 Å². The molecule has 0 spiro atoms. The van der Waals surface area contributed by atoms with E-state index >= 15 is 0 Å². The summed E-state index contributed by atoms with van der Waals surface area (Å²) >= 11 is 1.68. The minimum absolute atomic E-state index is 0.0000905. The summed E-state index contributed by atoms with van der Waals surface area (Å²) < 4.78 is 1.55. The predicted octanol–water partition coefficient (Wildman–Crippen LogP) is 2.90. The van der Waals surface area contributed by atoms with Crippen molar-refractivity contribution in [3.8, 4) is 0 Å². The van der Waals surface area contributed by atoms with Crippen LogP contribution in [0, 0.1) is 0 Å². The van der Waals surface area contributed by atoms with Gasteiger partial charge in [-0.05, 0) is 5.56 Å². The van der Waals surface area contributed by atoms with Gasteiger partial charge in [0.1, 0.15) is 11.4 Å². The zero-order valence-corrected chi connectivity index (χ0v) is 13.7. The Bertz CT molecular complexity index is 558. The maximum absolute atomic E-state index is 12.7. The van der Waals surface area contributed by atoms with Crippen LogP contribution in [0.3, 0.4) is 0 Å². The van der Waals surface area contributed by atoms with Crippen molar-refractivity contribution in [2.75, 3.05) is 5.75 Å². The number of nitrogens with zero attached hydrogens (tertiary/aromatic N) is 2. The van der Waals surface area contributed by atoms with E-state index < -0.39 is 8.24 Å². The quantitative estimate of drug-likeness (QED) is 0.623. The van der Waals surface area contributed by atoms with Crippen LogP contribution in [0.2, 0.25) is 19.6 Å². The fraction of sp³-hybridized carbons (Fsp3) is 0.429. The molecule has 0 radical (unpaired) electrons. The summed E-state index contributed by atoms with van der Waals surface area (Å²) in [5.41, 5.74) is 1.10. The van der Waals surface area contributed by atoms with E-state index in [4.69, 9.17) is 0 Å². The Morgan fingerprint density at radius 3 is 2.40 bits per heavy atom. The molecule has 2 fully saturated rings. The number of amides is 3. The molecule has 20 heavy (non-hydrogen) atoms. The summed E-state index contributed by atoms with van der Waals surface area (Å²) in [6.45, 7) is 6.11. The first-order valence-corrected chi connectivity index (χ1v) is 11.2. The van der Waals surface area contributed by atoms with Gasteiger partial charge in [-0.2, -0.15) is 0 Å². The maximum Gasteiger partial charge on any atom is 0.320 e. The summed E-state index contributed by atoms with van der Waals surface area (Å²) in [5, 5.41) is -0.0287. The molecule has 2 aliphatic heterocycles. The minimum Gasteiger partial charge on any atom is -0.296 e. The van der Waals surface area contributed by atoms with Crippen LogP contribution >= 0.6 is 11.8 Å². The molecular formula is C14H18N2O2SSi. The molecule has 0 aromatic heterocycles. The number of urea groups is 1. The fourth-order valence-corrected chi connectivity index (χ4v) is 5.70. The summed E-state index contributed by atoms with van der Waals surface area (Å²) in [6.07, 6.45) is 0. The van der Waals surface area contributed by atoms with Crippen molar-refractivity contribution in [3.05, 3.63) is 35.9 Å². The first-order chi connectivity index (χ1) is 9.41. The van der Waals surface area contributed by atoms with Crippen LogP contribution in [0.25, 0.3) is 0 Å². The van der Waals surface area contributed by atoms with Gasteiger partial charge in [0, 0.05) is 5.75 Å². The van der Waals surface area contributed by atoms with Crippen LogP contribution in [0.15, 0.2) is 30.3 Å². The third-order valence-corrected chi connectivity index (χ3v) is 6.75. The van der Waals surface area contributed by atoms with E-state index in [0.29, 0.717) is 5.75 Å². The van der Waals surface area contributed by atoms with Gasteiger partial charge in [-0.15, -0.1) is 11.8 Å². The van der Waals surface area contributed by atoms with Gasteiger partial charge in [0.05, 0.1) is 0 Å². The summed E-state index contributed by atoms with van der Waals surface area (Å²) in [5.74, 6) is 0.700. The molecule has 3 rings (SSSR count). The number of rotatable bonds is 2. The van der Waals surface area contributed by atoms with Crippen LogP contribution in [-0.4, -0.2) is 41.4 Å². The zero-order chi connectivity index (χ0) is 14.5. The largest absolute Gasteiger partial charge is 0.320 e. The molecule has 2 atom stereocenters. The van der Waals surface area contributed by atoms with Gasteiger partial charge >= 0.3 is 6.03 Å². The Morgan fingerprint density at radius 1 is 1.15 bits per heavy atom. The van der Waals surface area contributed by atoms with E-state index in [1.54, 1.807) is 21.2 Å². The van der Waals surface area contributed by atoms with Crippen LogP contribution in [0.5, 0.6) is 0 Å². The SMILES string of the molecule is C[Si](C)(C)N1C(=O)[C@@H]2CSC(c3ccccc3)N2C1=O. The van der Waals surface area contributed by atoms with E-state index in [1.807, 2.05) is 50.0 Å². The Kier molecular flexibility index (Phi) is 3.17. The smallest absolute Gasteiger partial charge is 0.296 e. The van der Waals surface area contributed by atoms with Gasteiger partial charge in [0.2, 0.25) is 5.91 Å². The molecule has 2 saturated heterocycles. The topological polar surface area (TPSA) is 40.6 Å². The molecule has 1 aromatic carbocycles. The van der Waals surface area contributed by atoms with Crippen molar-refractivity contribution < 1.29 is 9.59 Å². The lowest BCUT2D eigenvalue weighted by Gasteiger charge is -2.29. The Morgan fingerprint density at radius 2 is 1.80 bits per heavy atom. The van der Waals surface area contributed by atoms with Gasteiger partial charge in [-0.25, -0.2) is 4.79 Å². The highest BCUT2D eigenvalue weighted by Crippen LogP contribution is 2.45. The number of carbonyl (C=O) groups excluding carboxylic acids is 2. The zero-order valence-electron chi connectivity index (χ0n) is 11.9. The minimum atomic E-state index is -1.96. The Labute approximate surface area is 124 Å². The maximum atomic E-state index is 12.7. The lowest BCUT2D eigenvalue weighted by molar-refractivity contribution is -0.124. The monoisotopic (exact) mass is 306 g/mol. The lowest BCUT2D eigenvalue weighted by Crippen LogP contribution is -2.50. The average molecular weight is 306 g/mol. The highest BCUT2D eigenvalue weighted by atomic mass is 32.2. The molecule has 4 nitrogen and oxygen atoms in total. The molecule has 106 valence electrons. The summed E-state index contributed by atoms with van der Waals surface area (Å²) in [4.78, 5) is 27.0. The lowest BCUT2D eigenvalue weighted by atomic mass is 10.2. The standard InChI is InChI=1S/C14H18N2O2SSi/c1-20(2,3)16-12(17)11-9-19-13(15(11)14(16)18)10-7-5-4-6-8-10/h4-8,11,13H,9H2,1-3H3/t11-,13?/m0/s1. The molecule has 0 aliphatic carbocycles. The summed E-state index contributed by atoms with van der Waals surface area (Å²) in [7, 11) is -1.96. The van der Waals surface area contributed by atoms with E-state index in [9.17, 15) is 9.59 Å². The molecule has 2 aliphatic rings. The van der Waals surface area contributed by atoms with E-state index in [0.717, 1.165) is 5.56 Å². The molecule has 1 unspecified atom stereocenters. The highest BCUT2D eigenvalue weighted by Gasteiger charge is 2.55.